The molecule has 0 spiro atoms. The molecule has 7 unspecified atom stereocenters. The van der Waals surface area contributed by atoms with Gasteiger partial charge < -0.3 is 40.3 Å². The first-order valence-electron chi connectivity index (χ1n) is 24.6. The Morgan fingerprint density at radius 1 is 0.556 bits per heavy atom. The quantitative estimate of drug-likeness (QED) is 0.0264. The van der Waals surface area contributed by atoms with Crippen LogP contribution in [0, 0.1) is 0 Å². The molecule has 9 heteroatoms. The van der Waals surface area contributed by atoms with Crippen molar-refractivity contribution in [1.29, 1.82) is 0 Å². The van der Waals surface area contributed by atoms with Crippen LogP contribution < -0.4 is 5.32 Å². The number of unbranched alkanes of at least 4 members (excludes halogenated alkanes) is 13. The van der Waals surface area contributed by atoms with Crippen LogP contribution in [0.1, 0.15) is 168 Å². The van der Waals surface area contributed by atoms with E-state index in [0.29, 0.717) is 6.42 Å². The Morgan fingerprint density at radius 3 is 1.52 bits per heavy atom. The lowest BCUT2D eigenvalue weighted by atomic mass is 9.99. The molecular formula is C54H89NO8. The fourth-order valence-corrected chi connectivity index (χ4v) is 6.91. The van der Waals surface area contributed by atoms with Crippen molar-refractivity contribution in [2.75, 3.05) is 13.2 Å². The van der Waals surface area contributed by atoms with Crippen LogP contribution in [0.15, 0.2) is 109 Å². The summed E-state index contributed by atoms with van der Waals surface area (Å²) in [6.45, 7) is 3.59. The molecule has 0 saturated carbocycles. The largest absolute Gasteiger partial charge is 0.394 e. The highest BCUT2D eigenvalue weighted by Gasteiger charge is 2.44. The Balaban J connectivity index is 2.33. The van der Waals surface area contributed by atoms with E-state index in [0.717, 1.165) is 103 Å². The molecule has 9 nitrogen and oxygen atoms in total. The number of carbonyl (C=O) groups excluding carboxylic acids is 1. The second-order valence-electron chi connectivity index (χ2n) is 16.5. The van der Waals surface area contributed by atoms with Gasteiger partial charge in [0.15, 0.2) is 6.29 Å². The molecule has 7 atom stereocenters. The molecule has 1 amide bonds. The monoisotopic (exact) mass is 880 g/mol. The molecule has 6 N–H and O–H groups in total. The van der Waals surface area contributed by atoms with Crippen molar-refractivity contribution in [3.8, 4) is 0 Å². The maximum absolute atomic E-state index is 13.0. The zero-order valence-corrected chi connectivity index (χ0v) is 39.3. The molecule has 0 aliphatic carbocycles. The molecule has 0 aromatic heterocycles. The van der Waals surface area contributed by atoms with E-state index >= 15 is 0 Å². The fourth-order valence-electron chi connectivity index (χ4n) is 6.91. The van der Waals surface area contributed by atoms with E-state index in [1.807, 2.05) is 6.08 Å². The topological polar surface area (TPSA) is 149 Å². The molecule has 0 aromatic carbocycles. The number of hydrogen-bond donors (Lipinski definition) is 6. The zero-order valence-electron chi connectivity index (χ0n) is 39.3. The molecule has 1 aliphatic rings. The van der Waals surface area contributed by atoms with Crippen LogP contribution in [0.4, 0.5) is 0 Å². The predicted molar refractivity (Wildman–Crippen MR) is 262 cm³/mol. The van der Waals surface area contributed by atoms with Gasteiger partial charge in [-0.3, -0.25) is 4.79 Å². The number of nitrogens with one attached hydrogen (secondary N) is 1. The number of aliphatic hydroxyl groups excluding tert-OH is 5. The van der Waals surface area contributed by atoms with Crippen LogP contribution >= 0.6 is 0 Å². The summed E-state index contributed by atoms with van der Waals surface area (Å²) in [4.78, 5) is 13.0. The SMILES string of the molecule is CC/C=C\C/C=C\C/C=C\C/C=C\C/C=C\C/C=C\C/C=C\CCCCCCCC(=O)NC(COC1OC(CO)C(O)C(O)C1O)C(O)/C=C/CC/C=C/CCCCCCCCC. The van der Waals surface area contributed by atoms with Crippen molar-refractivity contribution in [1.82, 2.24) is 5.32 Å². The van der Waals surface area contributed by atoms with Gasteiger partial charge in [-0.1, -0.05) is 181 Å². The number of allylic oxidation sites excluding steroid dienone is 17. The average Bonchev–Trinajstić information content (AvgIpc) is 3.28. The van der Waals surface area contributed by atoms with Gasteiger partial charge in [0.2, 0.25) is 5.91 Å². The van der Waals surface area contributed by atoms with Crippen LogP contribution in [0.25, 0.3) is 0 Å². The number of ether oxygens (including phenoxy) is 2. The van der Waals surface area contributed by atoms with Crippen LogP contribution in [0.2, 0.25) is 0 Å². The summed E-state index contributed by atoms with van der Waals surface area (Å²) in [6.07, 6.45) is 55.6. The van der Waals surface area contributed by atoms with Crippen LogP contribution in [0.3, 0.4) is 0 Å². The maximum Gasteiger partial charge on any atom is 0.220 e. The minimum atomic E-state index is -1.58. The first-order chi connectivity index (χ1) is 30.8. The Kier molecular flexibility index (Phi) is 39.3. The lowest BCUT2D eigenvalue weighted by molar-refractivity contribution is -0.302. The Bertz CT molecular complexity index is 1340. The molecule has 0 radical (unpaired) electrons. The highest BCUT2D eigenvalue weighted by molar-refractivity contribution is 5.76. The van der Waals surface area contributed by atoms with Crippen LogP contribution in [-0.4, -0.2) is 87.5 Å². The zero-order chi connectivity index (χ0) is 45.9. The summed E-state index contributed by atoms with van der Waals surface area (Å²) in [7, 11) is 0. The third-order valence-corrected chi connectivity index (χ3v) is 10.8. The van der Waals surface area contributed by atoms with Gasteiger partial charge in [-0.25, -0.2) is 0 Å². The Labute approximate surface area is 383 Å². The first kappa shape index (κ1) is 57.9. The number of amides is 1. The highest BCUT2D eigenvalue weighted by atomic mass is 16.7. The minimum absolute atomic E-state index is 0.213. The van der Waals surface area contributed by atoms with Gasteiger partial charge in [0, 0.05) is 6.42 Å². The summed E-state index contributed by atoms with van der Waals surface area (Å²) >= 11 is 0. The summed E-state index contributed by atoms with van der Waals surface area (Å²) in [5.74, 6) is -0.213. The van der Waals surface area contributed by atoms with E-state index in [2.05, 4.69) is 116 Å². The normalized spacial score (nSPS) is 21.2. The second-order valence-corrected chi connectivity index (χ2v) is 16.5. The molecule has 358 valence electrons. The second kappa shape index (κ2) is 42.8. The maximum atomic E-state index is 13.0. The Morgan fingerprint density at radius 2 is 1.00 bits per heavy atom. The van der Waals surface area contributed by atoms with Gasteiger partial charge in [0.1, 0.15) is 24.4 Å². The molecule has 1 heterocycles. The van der Waals surface area contributed by atoms with Crippen molar-refractivity contribution >= 4 is 5.91 Å². The number of aliphatic hydroxyl groups is 5. The molecular weight excluding hydrogens is 791 g/mol. The van der Waals surface area contributed by atoms with Crippen molar-refractivity contribution < 1.29 is 39.8 Å². The molecule has 0 aromatic rings. The summed E-state index contributed by atoms with van der Waals surface area (Å²) in [5.41, 5.74) is 0. The number of carbonyl (C=O) groups is 1. The Hall–Kier alpha value is -3.15. The van der Waals surface area contributed by atoms with Crippen molar-refractivity contribution in [2.24, 2.45) is 0 Å². The third kappa shape index (κ3) is 33.1. The van der Waals surface area contributed by atoms with Crippen LogP contribution in [-0.2, 0) is 14.3 Å². The smallest absolute Gasteiger partial charge is 0.220 e. The molecule has 63 heavy (non-hydrogen) atoms. The van der Waals surface area contributed by atoms with E-state index in [4.69, 9.17) is 9.47 Å². The van der Waals surface area contributed by atoms with E-state index in [-0.39, 0.29) is 12.5 Å². The molecule has 1 rings (SSSR count). The minimum Gasteiger partial charge on any atom is -0.394 e. The van der Waals surface area contributed by atoms with Gasteiger partial charge in [-0.2, -0.15) is 0 Å². The molecule has 1 saturated heterocycles. The van der Waals surface area contributed by atoms with Gasteiger partial charge >= 0.3 is 0 Å². The van der Waals surface area contributed by atoms with E-state index in [1.54, 1.807) is 6.08 Å². The van der Waals surface area contributed by atoms with Crippen LogP contribution in [0.5, 0.6) is 0 Å². The summed E-state index contributed by atoms with van der Waals surface area (Å²) < 4.78 is 11.2. The number of rotatable bonds is 39. The molecule has 1 fully saturated rings. The van der Waals surface area contributed by atoms with E-state index < -0.39 is 49.5 Å². The predicted octanol–water partition coefficient (Wildman–Crippen LogP) is 11.1. The lowest BCUT2D eigenvalue weighted by Gasteiger charge is -2.40. The fraction of sp³-hybridized carbons (Fsp3) is 0.648. The summed E-state index contributed by atoms with van der Waals surface area (Å²) in [5, 5.41) is 54.2. The van der Waals surface area contributed by atoms with E-state index in [9.17, 15) is 30.3 Å². The molecule has 1 aliphatic heterocycles. The van der Waals surface area contributed by atoms with Gasteiger partial charge in [-0.05, 0) is 89.9 Å². The van der Waals surface area contributed by atoms with Crippen molar-refractivity contribution in [3.05, 3.63) is 109 Å². The molecule has 0 bridgehead atoms. The average molecular weight is 880 g/mol. The van der Waals surface area contributed by atoms with Crippen molar-refractivity contribution in [3.63, 3.8) is 0 Å². The van der Waals surface area contributed by atoms with E-state index in [1.165, 1.54) is 44.9 Å². The van der Waals surface area contributed by atoms with Gasteiger partial charge in [-0.15, -0.1) is 0 Å². The number of hydrogen-bond acceptors (Lipinski definition) is 8. The summed E-state index contributed by atoms with van der Waals surface area (Å²) in [6, 6.07) is -0.839. The lowest BCUT2D eigenvalue weighted by Crippen LogP contribution is -2.60. The highest BCUT2D eigenvalue weighted by Crippen LogP contribution is 2.22. The first-order valence-corrected chi connectivity index (χ1v) is 24.6. The van der Waals surface area contributed by atoms with Crippen molar-refractivity contribution in [2.45, 2.75) is 211 Å². The third-order valence-electron chi connectivity index (χ3n) is 10.8. The van der Waals surface area contributed by atoms with Gasteiger partial charge in [0.25, 0.3) is 0 Å². The standard InChI is InChI=1S/C54H89NO8/c1-3-5-7-9-11-13-15-17-18-19-20-21-22-23-24-25-26-27-28-29-30-32-34-36-38-40-42-44-50(58)55-47(46-62-54-53(61)52(60)51(59)49(45-56)63-54)48(57)43-41-39-37-35-33-31-16-14-12-10-8-6-4-2/h5,7,11,13,17-18,20-21,23-24,26-27,29-30,33,35,41,43,47-49,51-54,56-57,59-61H,3-4,6,8-10,12,14-16,19,22,25,28,31-32,34,36-40,42,44-46H2,1-2H3,(H,55,58)/b7-5-,13-11-,18-17-,21-20-,24-23-,27-26-,30-29-,35-33+,43-41+. The van der Waals surface area contributed by atoms with Gasteiger partial charge in [0.05, 0.1) is 25.4 Å².